The number of aryl methyl sites for hydroxylation is 2. The van der Waals surface area contributed by atoms with Crippen LogP contribution in [0.5, 0.6) is 5.75 Å². The van der Waals surface area contributed by atoms with Crippen molar-refractivity contribution in [1.82, 2.24) is 0 Å². The van der Waals surface area contributed by atoms with Crippen LogP contribution in [0.25, 0.3) is 0 Å². The number of benzene rings is 5. The van der Waals surface area contributed by atoms with Crippen LogP contribution in [0.2, 0.25) is 0 Å². The number of aromatic hydroxyl groups is 1. The molecular formula is C36H32N6O5. The Hall–Kier alpha value is -6.62. The summed E-state index contributed by atoms with van der Waals surface area (Å²) in [6.07, 6.45) is 0. The third-order valence-electron chi connectivity index (χ3n) is 7.26. The largest absolute Gasteiger partial charge is 0.508 e. The summed E-state index contributed by atoms with van der Waals surface area (Å²) in [6.45, 7) is 3.62. The van der Waals surface area contributed by atoms with Crippen LogP contribution < -0.4 is 32.7 Å². The molecule has 0 bridgehead atoms. The van der Waals surface area contributed by atoms with E-state index in [9.17, 15) is 24.3 Å². The minimum atomic E-state index is -0.588. The van der Waals surface area contributed by atoms with Crippen molar-refractivity contribution in [3.8, 4) is 5.75 Å². The van der Waals surface area contributed by atoms with E-state index in [-0.39, 0.29) is 28.7 Å². The number of nitrogens with two attached hydrogens (primary N) is 2. The summed E-state index contributed by atoms with van der Waals surface area (Å²) in [4.78, 5) is 51.7. The van der Waals surface area contributed by atoms with Crippen molar-refractivity contribution >= 4 is 57.8 Å². The molecule has 47 heavy (non-hydrogen) atoms. The van der Waals surface area contributed by atoms with Crippen LogP contribution in [0.3, 0.4) is 0 Å². The Balaban J connectivity index is 1.24. The lowest BCUT2D eigenvalue weighted by Gasteiger charge is -2.12. The highest BCUT2D eigenvalue weighted by Crippen LogP contribution is 2.23. The molecule has 4 amide bonds. The molecule has 0 unspecified atom stereocenters. The van der Waals surface area contributed by atoms with Crippen molar-refractivity contribution in [3.63, 3.8) is 0 Å². The Kier molecular flexibility index (Phi) is 9.18. The molecular weight excluding hydrogens is 596 g/mol. The number of carbonyl (C=O) groups excluding carboxylic acids is 4. The van der Waals surface area contributed by atoms with Gasteiger partial charge in [0.15, 0.2) is 0 Å². The molecule has 11 nitrogen and oxygen atoms in total. The van der Waals surface area contributed by atoms with Crippen molar-refractivity contribution in [3.05, 3.63) is 137 Å². The minimum absolute atomic E-state index is 0.0294. The number of nitrogens with one attached hydrogen (secondary N) is 4. The second kappa shape index (κ2) is 13.6. The van der Waals surface area contributed by atoms with Crippen molar-refractivity contribution < 1.29 is 24.3 Å². The predicted octanol–water partition coefficient (Wildman–Crippen LogP) is 6.18. The molecule has 5 aromatic rings. The number of hydrogen-bond donors (Lipinski definition) is 7. The standard InChI is InChI=1S/C36H32N6O5/c1-20-13-22(9-11-31(20)37)33(44)39-26-5-3-7-28(18-26)41-35(46)24-15-25(17-30(43)16-24)36(47)42-29-8-4-6-27(19-29)40-34(45)23-10-12-32(38)21(2)14-23/h3-19,43H,37-38H2,1-2H3,(H,39,44)(H,40,45)(H,41,46)(H,42,47). The SMILES string of the molecule is Cc1cc(C(=O)Nc2cccc(NC(=O)c3cc(O)cc(C(=O)Nc4cccc(NC(=O)c5ccc(N)c(C)c5)c4)c3)c2)ccc1N. The summed E-state index contributed by atoms with van der Waals surface area (Å²) in [5, 5.41) is 21.3. The fourth-order valence-corrected chi connectivity index (χ4v) is 4.67. The van der Waals surface area contributed by atoms with Gasteiger partial charge in [-0.2, -0.15) is 0 Å². The number of phenolic OH excluding ortho intramolecular Hbond substituents is 1. The second-order valence-electron chi connectivity index (χ2n) is 10.9. The van der Waals surface area contributed by atoms with E-state index in [0.717, 1.165) is 11.1 Å². The predicted molar refractivity (Wildman–Crippen MR) is 184 cm³/mol. The van der Waals surface area contributed by atoms with Gasteiger partial charge in [0.1, 0.15) is 5.75 Å². The number of rotatable bonds is 8. The van der Waals surface area contributed by atoms with Gasteiger partial charge in [-0.15, -0.1) is 0 Å². The number of amides is 4. The van der Waals surface area contributed by atoms with Crippen LogP contribution in [-0.2, 0) is 0 Å². The zero-order valence-corrected chi connectivity index (χ0v) is 25.5. The molecule has 5 aromatic carbocycles. The Morgan fingerprint density at radius 2 is 0.809 bits per heavy atom. The molecule has 0 radical (unpaired) electrons. The zero-order chi connectivity index (χ0) is 33.7. The van der Waals surface area contributed by atoms with E-state index in [1.165, 1.54) is 18.2 Å². The molecule has 0 atom stereocenters. The molecule has 9 N–H and O–H groups in total. The fourth-order valence-electron chi connectivity index (χ4n) is 4.67. The van der Waals surface area contributed by atoms with Gasteiger partial charge in [-0.25, -0.2) is 0 Å². The van der Waals surface area contributed by atoms with E-state index < -0.39 is 11.8 Å². The summed E-state index contributed by atoms with van der Waals surface area (Å²) in [7, 11) is 0. The molecule has 0 aliphatic carbocycles. The highest BCUT2D eigenvalue weighted by molar-refractivity contribution is 6.10. The maximum atomic E-state index is 13.1. The summed E-state index contributed by atoms with van der Waals surface area (Å²) >= 11 is 0. The van der Waals surface area contributed by atoms with Crippen molar-refractivity contribution in [2.45, 2.75) is 13.8 Å². The van der Waals surface area contributed by atoms with Gasteiger partial charge in [-0.1, -0.05) is 12.1 Å². The molecule has 5 rings (SSSR count). The Morgan fingerprint density at radius 1 is 0.468 bits per heavy atom. The first-order valence-electron chi connectivity index (χ1n) is 14.5. The Morgan fingerprint density at radius 3 is 1.15 bits per heavy atom. The van der Waals surface area contributed by atoms with Crippen LogP contribution in [0, 0.1) is 13.8 Å². The molecule has 0 heterocycles. The Labute approximate surface area is 270 Å². The van der Waals surface area contributed by atoms with Crippen LogP contribution >= 0.6 is 0 Å². The monoisotopic (exact) mass is 628 g/mol. The van der Waals surface area contributed by atoms with Crippen LogP contribution in [0.15, 0.2) is 103 Å². The van der Waals surface area contributed by atoms with Gasteiger partial charge in [0.05, 0.1) is 0 Å². The maximum absolute atomic E-state index is 13.1. The highest BCUT2D eigenvalue weighted by Gasteiger charge is 2.15. The lowest BCUT2D eigenvalue weighted by atomic mass is 10.1. The van der Waals surface area contributed by atoms with Crippen molar-refractivity contribution in [2.75, 3.05) is 32.7 Å². The molecule has 0 saturated carbocycles. The van der Waals surface area contributed by atoms with Gasteiger partial charge in [0, 0.05) is 56.4 Å². The topological polar surface area (TPSA) is 189 Å². The molecule has 0 aliphatic rings. The quantitative estimate of drug-likeness (QED) is 0.0998. The molecule has 0 fully saturated rings. The summed E-state index contributed by atoms with van der Waals surface area (Å²) in [6, 6.07) is 26.8. The first-order chi connectivity index (χ1) is 22.4. The third-order valence-corrected chi connectivity index (χ3v) is 7.26. The second-order valence-corrected chi connectivity index (χ2v) is 10.9. The van der Waals surface area contributed by atoms with E-state index >= 15 is 0 Å². The molecule has 236 valence electrons. The van der Waals surface area contributed by atoms with Crippen LogP contribution in [-0.4, -0.2) is 28.7 Å². The van der Waals surface area contributed by atoms with Gasteiger partial charge in [0.2, 0.25) is 0 Å². The van der Waals surface area contributed by atoms with Crippen LogP contribution in [0.1, 0.15) is 52.6 Å². The number of anilines is 6. The van der Waals surface area contributed by atoms with E-state index in [0.29, 0.717) is 45.3 Å². The molecule has 0 saturated heterocycles. The number of phenols is 1. The van der Waals surface area contributed by atoms with Gasteiger partial charge in [-0.3, -0.25) is 19.2 Å². The average Bonchev–Trinajstić information content (AvgIpc) is 3.03. The first kappa shape index (κ1) is 31.8. The molecule has 0 aromatic heterocycles. The van der Waals surface area contributed by atoms with E-state index in [2.05, 4.69) is 21.3 Å². The molecule has 11 heteroatoms. The lowest BCUT2D eigenvalue weighted by molar-refractivity contribution is 0.101. The van der Waals surface area contributed by atoms with Gasteiger partial charge >= 0.3 is 0 Å². The number of carbonyl (C=O) groups is 4. The fraction of sp³-hybridized carbons (Fsp3) is 0.0556. The molecule has 0 aliphatic heterocycles. The minimum Gasteiger partial charge on any atom is -0.508 e. The van der Waals surface area contributed by atoms with Gasteiger partial charge < -0.3 is 37.8 Å². The van der Waals surface area contributed by atoms with Crippen LogP contribution in [0.4, 0.5) is 34.1 Å². The van der Waals surface area contributed by atoms with E-state index in [4.69, 9.17) is 11.5 Å². The number of hydrogen-bond acceptors (Lipinski definition) is 7. The van der Waals surface area contributed by atoms with Gasteiger partial charge in [-0.05, 0) is 116 Å². The van der Waals surface area contributed by atoms with Crippen molar-refractivity contribution in [1.29, 1.82) is 0 Å². The first-order valence-corrected chi connectivity index (χ1v) is 14.5. The maximum Gasteiger partial charge on any atom is 0.255 e. The van der Waals surface area contributed by atoms with E-state index in [1.807, 2.05) is 13.8 Å². The lowest BCUT2D eigenvalue weighted by Crippen LogP contribution is -2.16. The molecule has 0 spiro atoms. The average molecular weight is 629 g/mol. The normalized spacial score (nSPS) is 10.5. The smallest absolute Gasteiger partial charge is 0.255 e. The summed E-state index contributed by atoms with van der Waals surface area (Å²) in [5.41, 5.74) is 17.0. The summed E-state index contributed by atoms with van der Waals surface area (Å²) < 4.78 is 0. The Bertz CT molecular complexity index is 1900. The summed E-state index contributed by atoms with van der Waals surface area (Å²) in [5.74, 6) is -2.15. The highest BCUT2D eigenvalue weighted by atomic mass is 16.3. The zero-order valence-electron chi connectivity index (χ0n) is 25.5. The van der Waals surface area contributed by atoms with E-state index in [1.54, 1.807) is 84.9 Å². The third kappa shape index (κ3) is 7.91. The van der Waals surface area contributed by atoms with Crippen molar-refractivity contribution in [2.24, 2.45) is 0 Å². The number of nitrogen functional groups attached to an aromatic ring is 2. The van der Waals surface area contributed by atoms with Gasteiger partial charge in [0.25, 0.3) is 23.6 Å².